The van der Waals surface area contributed by atoms with Gasteiger partial charge in [-0.05, 0) is 62.5 Å². The average Bonchev–Trinajstić information content (AvgIpc) is 2.97. The van der Waals surface area contributed by atoms with Crippen LogP contribution in [-0.2, 0) is 27.2 Å². The highest BCUT2D eigenvalue weighted by Gasteiger charge is 2.52. The van der Waals surface area contributed by atoms with E-state index in [9.17, 15) is 14.4 Å². The van der Waals surface area contributed by atoms with Crippen LogP contribution < -0.4 is 10.6 Å². The molecule has 1 atom stereocenters. The molecule has 0 aliphatic carbocycles. The summed E-state index contributed by atoms with van der Waals surface area (Å²) < 4.78 is 0. The summed E-state index contributed by atoms with van der Waals surface area (Å²) in [6.45, 7) is 5.88. The third-order valence-corrected chi connectivity index (χ3v) is 8.22. The van der Waals surface area contributed by atoms with E-state index in [-0.39, 0.29) is 17.7 Å². The Bertz CT molecular complexity index is 1070. The predicted octanol–water partition coefficient (Wildman–Crippen LogP) is 3.72. The molecule has 2 aliphatic heterocycles. The molecule has 0 radical (unpaired) electrons. The van der Waals surface area contributed by atoms with Crippen LogP contribution in [0.4, 0.5) is 0 Å². The molecule has 7 nitrogen and oxygen atoms in total. The number of carbonyl (C=O) groups is 3. The summed E-state index contributed by atoms with van der Waals surface area (Å²) >= 11 is 0. The molecule has 1 spiro atoms. The lowest BCUT2D eigenvalue weighted by Gasteiger charge is -2.51. The second-order valence-corrected chi connectivity index (χ2v) is 11.0. The van der Waals surface area contributed by atoms with Gasteiger partial charge in [0.25, 0.3) is 0 Å². The van der Waals surface area contributed by atoms with Crippen molar-refractivity contribution in [2.24, 2.45) is 0 Å². The van der Waals surface area contributed by atoms with Gasteiger partial charge >= 0.3 is 0 Å². The van der Waals surface area contributed by atoms with Crippen molar-refractivity contribution in [2.45, 2.75) is 76.3 Å². The fraction of sp³-hybridized carbons (Fsp3) is 0.531. The molecule has 39 heavy (non-hydrogen) atoms. The van der Waals surface area contributed by atoms with Crippen LogP contribution in [0.1, 0.15) is 63.0 Å². The number of rotatable bonds is 13. The minimum absolute atomic E-state index is 0.0116. The zero-order chi connectivity index (χ0) is 27.5. The van der Waals surface area contributed by atoms with E-state index < -0.39 is 11.6 Å². The van der Waals surface area contributed by atoms with E-state index in [0.29, 0.717) is 38.8 Å². The summed E-state index contributed by atoms with van der Waals surface area (Å²) in [7, 11) is 0. The van der Waals surface area contributed by atoms with Gasteiger partial charge in [-0.1, -0.05) is 67.6 Å². The van der Waals surface area contributed by atoms with Gasteiger partial charge in [0.05, 0.1) is 0 Å². The molecular formula is C32H44N4O3. The molecule has 0 aromatic heterocycles. The minimum atomic E-state index is -0.723. The molecule has 210 valence electrons. The topological polar surface area (TPSA) is 81.8 Å². The number of carbonyl (C=O) groups excluding carboxylic acids is 3. The summed E-state index contributed by atoms with van der Waals surface area (Å²) in [6, 6.07) is 20.0. The highest BCUT2D eigenvalue weighted by Crippen LogP contribution is 2.34. The molecule has 2 aromatic rings. The first-order valence-electron chi connectivity index (χ1n) is 14.7. The monoisotopic (exact) mass is 532 g/mol. The van der Waals surface area contributed by atoms with Crippen LogP contribution in [0.25, 0.3) is 0 Å². The van der Waals surface area contributed by atoms with E-state index in [2.05, 4.69) is 46.7 Å². The van der Waals surface area contributed by atoms with Gasteiger partial charge in [0.1, 0.15) is 11.6 Å². The van der Waals surface area contributed by atoms with Crippen LogP contribution >= 0.6 is 0 Å². The third-order valence-electron chi connectivity index (χ3n) is 8.22. The molecular weight excluding hydrogens is 488 g/mol. The van der Waals surface area contributed by atoms with Crippen molar-refractivity contribution in [1.29, 1.82) is 0 Å². The average molecular weight is 533 g/mol. The fourth-order valence-electron chi connectivity index (χ4n) is 5.89. The standard InChI is InChI=1S/C32H44N4O3/c1-2-22-36-30(38)28(15-9-10-21-33-29(37)17-16-26-11-5-3-6-12-26)34-31(39)32(36)19-24-35(25-20-32)23-18-27-13-7-4-8-14-27/h3-8,11-14,28H,2,9-10,15-25H2,1H3,(H,33,37)(H,34,39). The zero-order valence-electron chi connectivity index (χ0n) is 23.4. The van der Waals surface area contributed by atoms with Crippen molar-refractivity contribution in [3.63, 3.8) is 0 Å². The Hall–Kier alpha value is -3.19. The number of nitrogens with zero attached hydrogens (tertiary/aromatic N) is 2. The second-order valence-electron chi connectivity index (χ2n) is 11.0. The van der Waals surface area contributed by atoms with E-state index in [4.69, 9.17) is 0 Å². The van der Waals surface area contributed by atoms with Crippen LogP contribution in [0.3, 0.4) is 0 Å². The third kappa shape index (κ3) is 7.69. The largest absolute Gasteiger partial charge is 0.356 e. The van der Waals surface area contributed by atoms with Crippen LogP contribution in [0, 0.1) is 0 Å². The summed E-state index contributed by atoms with van der Waals surface area (Å²) in [5.74, 6) is 0.116. The van der Waals surface area contributed by atoms with Crippen molar-refractivity contribution in [1.82, 2.24) is 20.4 Å². The molecule has 2 N–H and O–H groups in total. The lowest BCUT2D eigenvalue weighted by Crippen LogP contribution is -2.72. The maximum absolute atomic E-state index is 13.5. The molecule has 0 bridgehead atoms. The lowest BCUT2D eigenvalue weighted by atomic mass is 9.81. The van der Waals surface area contributed by atoms with Gasteiger partial charge < -0.3 is 20.4 Å². The van der Waals surface area contributed by atoms with E-state index in [1.807, 2.05) is 41.3 Å². The Morgan fingerprint density at radius 1 is 0.923 bits per heavy atom. The van der Waals surface area contributed by atoms with Gasteiger partial charge in [-0.3, -0.25) is 14.4 Å². The number of likely N-dealkylation sites (tertiary alicyclic amines) is 1. The molecule has 2 saturated heterocycles. The molecule has 2 fully saturated rings. The van der Waals surface area contributed by atoms with E-state index >= 15 is 0 Å². The zero-order valence-corrected chi connectivity index (χ0v) is 23.4. The number of unbranched alkanes of at least 4 members (excludes halogenated alkanes) is 1. The van der Waals surface area contributed by atoms with Gasteiger partial charge in [0, 0.05) is 39.1 Å². The molecule has 3 amide bonds. The molecule has 2 heterocycles. The van der Waals surface area contributed by atoms with Crippen molar-refractivity contribution < 1.29 is 14.4 Å². The quantitative estimate of drug-likeness (QED) is 0.386. The smallest absolute Gasteiger partial charge is 0.246 e. The number of hydrogen-bond acceptors (Lipinski definition) is 4. The van der Waals surface area contributed by atoms with Crippen molar-refractivity contribution in [3.8, 4) is 0 Å². The Morgan fingerprint density at radius 2 is 1.56 bits per heavy atom. The summed E-state index contributed by atoms with van der Waals surface area (Å²) in [6.07, 6.45) is 6.55. The van der Waals surface area contributed by atoms with Gasteiger partial charge in [-0.25, -0.2) is 0 Å². The van der Waals surface area contributed by atoms with E-state index in [0.717, 1.165) is 57.3 Å². The first-order chi connectivity index (χ1) is 19.0. The van der Waals surface area contributed by atoms with Gasteiger partial charge in [-0.2, -0.15) is 0 Å². The van der Waals surface area contributed by atoms with Crippen LogP contribution in [0.5, 0.6) is 0 Å². The first-order valence-corrected chi connectivity index (χ1v) is 14.7. The number of aryl methyl sites for hydroxylation is 1. The lowest BCUT2D eigenvalue weighted by molar-refractivity contribution is -0.161. The normalized spacial score (nSPS) is 19.2. The molecule has 4 rings (SSSR count). The van der Waals surface area contributed by atoms with Crippen molar-refractivity contribution in [3.05, 3.63) is 71.8 Å². The molecule has 2 aliphatic rings. The van der Waals surface area contributed by atoms with Gasteiger partial charge in [0.2, 0.25) is 17.7 Å². The molecule has 2 aromatic carbocycles. The van der Waals surface area contributed by atoms with Crippen LogP contribution in [0.2, 0.25) is 0 Å². The number of piperidine rings is 1. The second kappa shape index (κ2) is 14.3. The SMILES string of the molecule is CCCN1C(=O)C(CCCCNC(=O)CCc2ccccc2)NC(=O)C12CCN(CCc1ccccc1)CC2. The fourth-order valence-corrected chi connectivity index (χ4v) is 5.89. The van der Waals surface area contributed by atoms with Crippen molar-refractivity contribution >= 4 is 17.7 Å². The van der Waals surface area contributed by atoms with E-state index in [1.165, 1.54) is 5.56 Å². The minimum Gasteiger partial charge on any atom is -0.356 e. The highest BCUT2D eigenvalue weighted by atomic mass is 16.2. The predicted molar refractivity (Wildman–Crippen MR) is 154 cm³/mol. The van der Waals surface area contributed by atoms with Gasteiger partial charge in [-0.15, -0.1) is 0 Å². The van der Waals surface area contributed by atoms with Crippen LogP contribution in [0.15, 0.2) is 60.7 Å². The van der Waals surface area contributed by atoms with Crippen molar-refractivity contribution in [2.75, 3.05) is 32.7 Å². The Kier molecular flexibility index (Phi) is 10.5. The summed E-state index contributed by atoms with van der Waals surface area (Å²) in [4.78, 5) is 43.5. The van der Waals surface area contributed by atoms with Gasteiger partial charge in [0.15, 0.2) is 0 Å². The number of piperazine rings is 1. The molecule has 0 saturated carbocycles. The number of nitrogens with one attached hydrogen (secondary N) is 2. The Balaban J connectivity index is 1.21. The maximum Gasteiger partial charge on any atom is 0.246 e. The highest BCUT2D eigenvalue weighted by molar-refractivity contribution is 6.00. The van der Waals surface area contributed by atoms with Crippen LogP contribution in [-0.4, -0.2) is 71.8 Å². The number of amides is 3. The Labute approximate surface area is 233 Å². The molecule has 7 heteroatoms. The molecule has 1 unspecified atom stereocenters. The summed E-state index contributed by atoms with van der Waals surface area (Å²) in [5, 5.41) is 6.07. The number of hydrogen-bond donors (Lipinski definition) is 2. The summed E-state index contributed by atoms with van der Waals surface area (Å²) in [5.41, 5.74) is 1.76. The Morgan fingerprint density at radius 3 is 2.21 bits per heavy atom. The van der Waals surface area contributed by atoms with E-state index in [1.54, 1.807) is 0 Å². The first kappa shape index (κ1) is 28.8. The number of benzene rings is 2. The maximum atomic E-state index is 13.5.